The van der Waals surface area contributed by atoms with Gasteiger partial charge in [0.2, 0.25) is 0 Å². The molecule has 1 saturated heterocycles. The van der Waals surface area contributed by atoms with Crippen LogP contribution in [-0.2, 0) is 4.74 Å². The highest BCUT2D eigenvalue weighted by molar-refractivity contribution is 5.80. The molecule has 1 amide bonds. The normalized spacial score (nSPS) is 19.4. The minimum absolute atomic E-state index is 0.235. The molecule has 1 aliphatic rings. The molecule has 1 aliphatic heterocycles. The predicted molar refractivity (Wildman–Crippen MR) is 88.3 cm³/mol. The molecule has 0 spiro atoms. The molecule has 6 nitrogen and oxygen atoms in total. The number of carbonyl (C=O) groups is 1. The number of pyridine rings is 1. The first-order valence-corrected chi connectivity index (χ1v) is 7.57. The van der Waals surface area contributed by atoms with E-state index < -0.39 is 11.7 Å². The lowest BCUT2D eigenvalue weighted by atomic mass is 9.99. The van der Waals surface area contributed by atoms with Gasteiger partial charge in [-0.25, -0.2) is 9.78 Å². The summed E-state index contributed by atoms with van der Waals surface area (Å²) in [6.07, 6.45) is 5.03. The molecule has 0 bridgehead atoms. The standard InChI is InChI=1S/C16H24N4O2/c1-16(2,3)22-15(21)19-9-12-5-4-8-20(11-12)13-6-7-14(17)18-10-13/h6-7,9-10,12H,4-5,8,11H2,1-3H3,(H2,17,18). The second-order valence-electron chi connectivity index (χ2n) is 6.55. The molecule has 0 aliphatic carbocycles. The van der Waals surface area contributed by atoms with E-state index >= 15 is 0 Å². The number of anilines is 2. The van der Waals surface area contributed by atoms with E-state index in [9.17, 15) is 4.79 Å². The number of hydrogen-bond acceptors (Lipinski definition) is 5. The number of rotatable bonds is 2. The number of nitrogens with zero attached hydrogens (tertiary/aromatic N) is 3. The molecule has 120 valence electrons. The van der Waals surface area contributed by atoms with Gasteiger partial charge in [0.05, 0.1) is 11.9 Å². The van der Waals surface area contributed by atoms with Gasteiger partial charge in [-0.05, 0) is 45.7 Å². The number of aromatic nitrogens is 1. The quantitative estimate of drug-likeness (QED) is 0.850. The topological polar surface area (TPSA) is 80.8 Å². The number of nitrogens with two attached hydrogens (primary N) is 1. The van der Waals surface area contributed by atoms with Crippen LogP contribution in [0.1, 0.15) is 33.6 Å². The summed E-state index contributed by atoms with van der Waals surface area (Å²) in [6, 6.07) is 3.77. The summed E-state index contributed by atoms with van der Waals surface area (Å²) < 4.78 is 5.18. The van der Waals surface area contributed by atoms with Gasteiger partial charge in [0, 0.05) is 25.2 Å². The Hall–Kier alpha value is -2.11. The number of carbonyl (C=O) groups excluding carboxylic acids is 1. The lowest BCUT2D eigenvalue weighted by Crippen LogP contribution is -2.36. The Balaban J connectivity index is 1.93. The third kappa shape index (κ3) is 5.02. The molecule has 0 radical (unpaired) electrons. The second kappa shape index (κ2) is 6.77. The molecular weight excluding hydrogens is 280 g/mol. The van der Waals surface area contributed by atoms with Crippen LogP contribution in [0.25, 0.3) is 0 Å². The second-order valence-corrected chi connectivity index (χ2v) is 6.55. The maximum absolute atomic E-state index is 11.6. The fourth-order valence-electron chi connectivity index (χ4n) is 2.41. The van der Waals surface area contributed by atoms with Crippen molar-refractivity contribution in [2.45, 2.75) is 39.2 Å². The number of hydrogen-bond donors (Lipinski definition) is 1. The van der Waals surface area contributed by atoms with Gasteiger partial charge in [0.15, 0.2) is 0 Å². The van der Waals surface area contributed by atoms with Crippen LogP contribution in [0, 0.1) is 5.92 Å². The van der Waals surface area contributed by atoms with E-state index in [0.717, 1.165) is 31.6 Å². The molecule has 22 heavy (non-hydrogen) atoms. The smallest absolute Gasteiger partial charge is 0.433 e. The molecule has 2 N–H and O–H groups in total. The largest absolute Gasteiger partial charge is 0.442 e. The number of amides is 1. The minimum Gasteiger partial charge on any atom is -0.442 e. The van der Waals surface area contributed by atoms with Crippen LogP contribution in [0.4, 0.5) is 16.3 Å². The maximum atomic E-state index is 11.6. The van der Waals surface area contributed by atoms with Crippen LogP contribution in [-0.4, -0.2) is 36.0 Å². The Morgan fingerprint density at radius 2 is 2.27 bits per heavy atom. The summed E-state index contributed by atoms with van der Waals surface area (Å²) in [5.74, 6) is 0.752. The van der Waals surface area contributed by atoms with Crippen LogP contribution in [0.5, 0.6) is 0 Å². The van der Waals surface area contributed by atoms with Crippen molar-refractivity contribution in [2.75, 3.05) is 23.7 Å². The minimum atomic E-state index is -0.529. The Morgan fingerprint density at radius 3 is 2.91 bits per heavy atom. The number of piperidine rings is 1. The highest BCUT2D eigenvalue weighted by atomic mass is 16.6. The third-order valence-corrected chi connectivity index (χ3v) is 3.38. The monoisotopic (exact) mass is 304 g/mol. The molecule has 0 saturated carbocycles. The summed E-state index contributed by atoms with van der Waals surface area (Å²) in [4.78, 5) is 21.9. The van der Waals surface area contributed by atoms with Crippen molar-refractivity contribution in [3.05, 3.63) is 18.3 Å². The lowest BCUT2D eigenvalue weighted by molar-refractivity contribution is 0.0604. The van der Waals surface area contributed by atoms with Crippen LogP contribution in [0.3, 0.4) is 0 Å². The van der Waals surface area contributed by atoms with Crippen molar-refractivity contribution in [1.29, 1.82) is 0 Å². The Kier molecular flexibility index (Phi) is 5.00. The summed E-state index contributed by atoms with van der Waals surface area (Å²) in [5.41, 5.74) is 6.15. The maximum Gasteiger partial charge on any atom is 0.433 e. The molecule has 1 fully saturated rings. The van der Waals surface area contributed by atoms with E-state index in [0.29, 0.717) is 5.82 Å². The Labute approximate surface area is 131 Å². The first kappa shape index (κ1) is 16.3. The average molecular weight is 304 g/mol. The van der Waals surface area contributed by atoms with Gasteiger partial charge < -0.3 is 15.4 Å². The predicted octanol–water partition coefficient (Wildman–Crippen LogP) is 2.89. The summed E-state index contributed by atoms with van der Waals surface area (Å²) in [6.45, 7) is 7.28. The van der Waals surface area contributed by atoms with Gasteiger partial charge in [0.1, 0.15) is 11.4 Å². The van der Waals surface area contributed by atoms with Crippen molar-refractivity contribution in [1.82, 2.24) is 4.98 Å². The summed E-state index contributed by atoms with van der Waals surface area (Å²) in [7, 11) is 0. The Bertz CT molecular complexity index is 534. The van der Waals surface area contributed by atoms with Gasteiger partial charge in [-0.3, -0.25) is 0 Å². The zero-order chi connectivity index (χ0) is 16.2. The zero-order valence-corrected chi connectivity index (χ0v) is 13.5. The molecule has 6 heteroatoms. The van der Waals surface area contributed by atoms with E-state index in [4.69, 9.17) is 10.5 Å². The molecule has 1 aromatic rings. The molecule has 1 atom stereocenters. The summed E-state index contributed by atoms with van der Waals surface area (Å²) in [5, 5.41) is 0. The van der Waals surface area contributed by atoms with Gasteiger partial charge in [-0.15, -0.1) is 0 Å². The van der Waals surface area contributed by atoms with E-state index in [1.165, 1.54) is 0 Å². The number of aliphatic imine (C=N–C) groups is 1. The molecule has 2 heterocycles. The fourth-order valence-corrected chi connectivity index (χ4v) is 2.41. The van der Waals surface area contributed by atoms with Gasteiger partial charge in [-0.1, -0.05) is 0 Å². The first-order valence-electron chi connectivity index (χ1n) is 7.57. The van der Waals surface area contributed by atoms with Crippen LogP contribution < -0.4 is 10.6 Å². The van der Waals surface area contributed by atoms with Gasteiger partial charge in [0.25, 0.3) is 0 Å². The van der Waals surface area contributed by atoms with E-state index in [1.807, 2.05) is 26.8 Å². The van der Waals surface area contributed by atoms with Crippen LogP contribution in [0.15, 0.2) is 23.3 Å². The summed E-state index contributed by atoms with van der Waals surface area (Å²) >= 11 is 0. The lowest BCUT2D eigenvalue weighted by Gasteiger charge is -2.32. The number of nitrogen functional groups attached to an aromatic ring is 1. The highest BCUT2D eigenvalue weighted by Crippen LogP contribution is 2.22. The van der Waals surface area contributed by atoms with E-state index in [1.54, 1.807) is 18.5 Å². The van der Waals surface area contributed by atoms with E-state index in [2.05, 4.69) is 14.9 Å². The number of ether oxygens (including phenoxy) is 1. The molecule has 0 aromatic carbocycles. The Morgan fingerprint density at radius 1 is 1.50 bits per heavy atom. The van der Waals surface area contributed by atoms with Crippen molar-refractivity contribution >= 4 is 23.8 Å². The molecule has 2 rings (SSSR count). The van der Waals surface area contributed by atoms with Crippen LogP contribution in [0.2, 0.25) is 0 Å². The molecule has 1 unspecified atom stereocenters. The third-order valence-electron chi connectivity index (χ3n) is 3.38. The molecule has 1 aromatic heterocycles. The van der Waals surface area contributed by atoms with Crippen LogP contribution >= 0.6 is 0 Å². The average Bonchev–Trinajstić information content (AvgIpc) is 2.44. The molecular formula is C16H24N4O2. The fraction of sp³-hybridized carbons (Fsp3) is 0.562. The highest BCUT2D eigenvalue weighted by Gasteiger charge is 2.20. The van der Waals surface area contributed by atoms with Crippen molar-refractivity contribution < 1.29 is 9.53 Å². The van der Waals surface area contributed by atoms with E-state index in [-0.39, 0.29) is 5.92 Å². The zero-order valence-electron chi connectivity index (χ0n) is 13.5. The SMILES string of the molecule is CC(C)(C)OC(=O)N=CC1CCCN(c2ccc(N)nc2)C1. The first-order chi connectivity index (χ1) is 10.3. The van der Waals surface area contributed by atoms with Crippen molar-refractivity contribution in [2.24, 2.45) is 10.9 Å². The van der Waals surface area contributed by atoms with Gasteiger partial charge in [-0.2, -0.15) is 4.99 Å². The van der Waals surface area contributed by atoms with Crippen molar-refractivity contribution in [3.63, 3.8) is 0 Å². The van der Waals surface area contributed by atoms with Crippen molar-refractivity contribution in [3.8, 4) is 0 Å². The van der Waals surface area contributed by atoms with Gasteiger partial charge >= 0.3 is 6.09 Å².